The Hall–Kier alpha value is -2.65. The maximum Gasteiger partial charge on any atom is 0.432 e. The number of amides is 1. The Morgan fingerprint density at radius 2 is 2.12 bits per heavy atom. The number of hydrogen-bond acceptors (Lipinski definition) is 10. The molecule has 1 fully saturated rings. The highest BCUT2D eigenvalue weighted by atomic mass is 31.2. The zero-order valence-electron chi connectivity index (χ0n) is 17.7. The van der Waals surface area contributed by atoms with Gasteiger partial charge in [0.2, 0.25) is 5.91 Å². The number of aromatic nitrogens is 4. The standard InChI is InChI=1S/C17H25N6O9P/c1-8-5-23(17(28)21-14(8)26)16-13(25)12(24)11(32-16)6-31-33(29,30)22-15(27)10(18-2)3-9-4-19-7-20-9/h4-5,7,10-13,16,18,24-25H,3,6H2,1-2H3,(H,19,20)(H,21,26,28)(H2,22,27,29,30)/t10-,11+,12+,13+,16+/m0/s1. The van der Waals surface area contributed by atoms with Gasteiger partial charge in [0.1, 0.15) is 18.3 Å². The second-order valence-corrected chi connectivity index (χ2v) is 8.96. The highest BCUT2D eigenvalue weighted by molar-refractivity contribution is 7.51. The topological polar surface area (TPSA) is 221 Å². The van der Waals surface area contributed by atoms with Crippen LogP contribution in [0.3, 0.4) is 0 Å². The van der Waals surface area contributed by atoms with Crippen molar-refractivity contribution in [3.05, 3.63) is 50.8 Å². The van der Waals surface area contributed by atoms with E-state index in [4.69, 9.17) is 9.26 Å². The molecule has 2 aromatic heterocycles. The van der Waals surface area contributed by atoms with Gasteiger partial charge < -0.3 is 30.1 Å². The molecular formula is C17H25N6O9P. The van der Waals surface area contributed by atoms with E-state index in [1.807, 2.05) is 10.1 Å². The summed E-state index contributed by atoms with van der Waals surface area (Å²) in [6, 6.07) is -0.871. The molecule has 7 N–H and O–H groups in total. The van der Waals surface area contributed by atoms with Crippen molar-refractivity contribution in [2.45, 2.75) is 43.9 Å². The maximum atomic E-state index is 12.4. The van der Waals surface area contributed by atoms with Crippen molar-refractivity contribution in [2.75, 3.05) is 13.7 Å². The number of nitrogens with zero attached hydrogens (tertiary/aromatic N) is 2. The van der Waals surface area contributed by atoms with E-state index in [0.29, 0.717) is 5.69 Å². The minimum absolute atomic E-state index is 0.161. The number of carbonyl (C=O) groups excluding carboxylic acids is 1. The molecule has 1 unspecified atom stereocenters. The molecule has 1 aliphatic rings. The van der Waals surface area contributed by atoms with E-state index >= 15 is 0 Å². The first-order valence-corrected chi connectivity index (χ1v) is 11.4. The SMILES string of the molecule is CN[C@@H](Cc1cnc[nH]1)C(=O)NP(=O)(O)OC[C@H]1O[C@@H](n2cc(C)c(=O)[nH]c2=O)[C@H](O)[C@@H]1O. The van der Waals surface area contributed by atoms with Crippen LogP contribution in [0.15, 0.2) is 28.3 Å². The number of carbonyl (C=O) groups is 1. The molecule has 0 aromatic carbocycles. The molecule has 3 heterocycles. The van der Waals surface area contributed by atoms with Crippen molar-refractivity contribution >= 4 is 13.7 Å². The van der Waals surface area contributed by atoms with Crippen LogP contribution in [0, 0.1) is 6.92 Å². The van der Waals surface area contributed by atoms with E-state index in [0.717, 1.165) is 10.8 Å². The molecule has 0 aliphatic carbocycles. The first kappa shape index (κ1) is 25.0. The number of H-pyrrole nitrogens is 2. The van der Waals surface area contributed by atoms with Gasteiger partial charge in [-0.25, -0.2) is 14.3 Å². The van der Waals surface area contributed by atoms with Gasteiger partial charge in [0, 0.05) is 30.1 Å². The summed E-state index contributed by atoms with van der Waals surface area (Å²) in [7, 11) is -3.18. The molecule has 33 heavy (non-hydrogen) atoms. The van der Waals surface area contributed by atoms with Crippen LogP contribution in [0.2, 0.25) is 0 Å². The maximum absolute atomic E-state index is 12.4. The van der Waals surface area contributed by atoms with Gasteiger partial charge in [0.25, 0.3) is 5.56 Å². The second-order valence-electron chi connectivity index (χ2n) is 7.44. The van der Waals surface area contributed by atoms with E-state index in [1.54, 1.807) is 0 Å². The fourth-order valence-electron chi connectivity index (χ4n) is 3.24. The third-order valence-electron chi connectivity index (χ3n) is 5.07. The molecule has 0 spiro atoms. The summed E-state index contributed by atoms with van der Waals surface area (Å²) >= 11 is 0. The summed E-state index contributed by atoms with van der Waals surface area (Å²) in [5, 5.41) is 25.1. The Balaban J connectivity index is 1.62. The number of imidazole rings is 1. The minimum Gasteiger partial charge on any atom is -0.387 e. The highest BCUT2D eigenvalue weighted by Crippen LogP contribution is 2.39. The van der Waals surface area contributed by atoms with Crippen LogP contribution in [0.5, 0.6) is 0 Å². The quantitative estimate of drug-likeness (QED) is 0.179. The Bertz CT molecular complexity index is 1130. The fraction of sp³-hybridized carbons (Fsp3) is 0.529. The molecule has 3 rings (SSSR count). The van der Waals surface area contributed by atoms with Gasteiger partial charge in [-0.05, 0) is 14.0 Å². The predicted octanol–water partition coefficient (Wildman–Crippen LogP) is -2.75. The van der Waals surface area contributed by atoms with Crippen molar-refractivity contribution < 1.29 is 33.7 Å². The van der Waals surface area contributed by atoms with Gasteiger partial charge in [-0.3, -0.25) is 28.8 Å². The number of aliphatic hydroxyl groups excluding tert-OH is 2. The first-order valence-electron chi connectivity index (χ1n) is 9.80. The predicted molar refractivity (Wildman–Crippen MR) is 111 cm³/mol. The average Bonchev–Trinajstić information content (AvgIpc) is 3.36. The average molecular weight is 488 g/mol. The van der Waals surface area contributed by atoms with E-state index in [2.05, 4.69) is 15.3 Å². The van der Waals surface area contributed by atoms with Gasteiger partial charge in [-0.2, -0.15) is 0 Å². The second kappa shape index (κ2) is 10.1. The molecule has 0 radical (unpaired) electrons. The molecule has 6 atom stereocenters. The van der Waals surface area contributed by atoms with Gasteiger partial charge >= 0.3 is 13.4 Å². The summed E-state index contributed by atoms with van der Waals surface area (Å²) in [5.74, 6) is -0.820. The third kappa shape index (κ3) is 5.83. The molecule has 182 valence electrons. The van der Waals surface area contributed by atoms with E-state index in [1.165, 1.54) is 26.5 Å². The number of rotatable bonds is 9. The van der Waals surface area contributed by atoms with Crippen LogP contribution in [-0.4, -0.2) is 78.5 Å². The molecule has 0 saturated carbocycles. The Morgan fingerprint density at radius 1 is 1.39 bits per heavy atom. The van der Waals surface area contributed by atoms with Gasteiger partial charge in [-0.15, -0.1) is 0 Å². The lowest BCUT2D eigenvalue weighted by molar-refractivity contribution is -0.121. The molecule has 16 heteroatoms. The van der Waals surface area contributed by atoms with E-state index in [-0.39, 0.29) is 12.0 Å². The lowest BCUT2D eigenvalue weighted by Crippen LogP contribution is -2.43. The highest BCUT2D eigenvalue weighted by Gasteiger charge is 2.45. The number of hydrogen-bond donors (Lipinski definition) is 7. The van der Waals surface area contributed by atoms with Crippen LogP contribution in [0.4, 0.5) is 0 Å². The van der Waals surface area contributed by atoms with Gasteiger partial charge in [-0.1, -0.05) is 0 Å². The van der Waals surface area contributed by atoms with Gasteiger partial charge in [0.15, 0.2) is 6.23 Å². The molecule has 1 saturated heterocycles. The van der Waals surface area contributed by atoms with E-state index in [9.17, 15) is 34.1 Å². The lowest BCUT2D eigenvalue weighted by atomic mass is 10.1. The van der Waals surface area contributed by atoms with Gasteiger partial charge in [0.05, 0.1) is 19.0 Å². The number of ether oxygens (including phenoxy) is 1. The number of likely N-dealkylation sites (N-methyl/N-ethyl adjacent to an activating group) is 1. The fourth-order valence-corrected chi connectivity index (χ4v) is 4.09. The molecule has 0 bridgehead atoms. The van der Waals surface area contributed by atoms with Crippen molar-refractivity contribution in [3.63, 3.8) is 0 Å². The number of aliphatic hydroxyl groups is 2. The summed E-state index contributed by atoms with van der Waals surface area (Å²) < 4.78 is 23.5. The normalized spacial score (nSPS) is 25.5. The first-order chi connectivity index (χ1) is 15.5. The van der Waals surface area contributed by atoms with Crippen LogP contribution in [-0.2, 0) is 25.0 Å². The van der Waals surface area contributed by atoms with Crippen LogP contribution < -0.4 is 21.7 Å². The van der Waals surface area contributed by atoms with Crippen molar-refractivity contribution in [1.82, 2.24) is 29.9 Å². The zero-order chi connectivity index (χ0) is 24.3. The summed E-state index contributed by atoms with van der Waals surface area (Å²) in [5.41, 5.74) is -0.711. The van der Waals surface area contributed by atoms with Crippen LogP contribution in [0.1, 0.15) is 17.5 Å². The lowest BCUT2D eigenvalue weighted by Gasteiger charge is -2.20. The molecule has 15 nitrogen and oxygen atoms in total. The van der Waals surface area contributed by atoms with Crippen LogP contribution in [0.25, 0.3) is 0 Å². The Labute approximate surface area is 186 Å². The summed E-state index contributed by atoms with van der Waals surface area (Å²) in [4.78, 5) is 54.6. The Kier molecular flexibility index (Phi) is 7.64. The summed E-state index contributed by atoms with van der Waals surface area (Å²) in [6.07, 6.45) is -1.64. The monoisotopic (exact) mass is 488 g/mol. The van der Waals surface area contributed by atoms with E-state index < -0.39 is 62.1 Å². The zero-order valence-corrected chi connectivity index (χ0v) is 18.6. The molecule has 1 aliphatic heterocycles. The van der Waals surface area contributed by atoms with Crippen LogP contribution >= 0.6 is 7.75 Å². The number of nitrogens with one attached hydrogen (secondary N) is 4. The number of aromatic amines is 2. The number of aryl methyl sites for hydroxylation is 1. The Morgan fingerprint density at radius 3 is 2.76 bits per heavy atom. The minimum atomic E-state index is -4.67. The smallest absolute Gasteiger partial charge is 0.387 e. The third-order valence-corrected chi connectivity index (χ3v) is 6.07. The summed E-state index contributed by atoms with van der Waals surface area (Å²) in [6.45, 7) is 0.743. The van der Waals surface area contributed by atoms with Crippen molar-refractivity contribution in [2.24, 2.45) is 0 Å². The van der Waals surface area contributed by atoms with Crippen molar-refractivity contribution in [1.29, 1.82) is 0 Å². The molecule has 1 amide bonds. The molecule has 2 aromatic rings. The molecular weight excluding hydrogens is 463 g/mol. The van der Waals surface area contributed by atoms with Crippen molar-refractivity contribution in [3.8, 4) is 0 Å². The largest absolute Gasteiger partial charge is 0.432 e.